The van der Waals surface area contributed by atoms with Gasteiger partial charge in [-0.3, -0.25) is 4.79 Å². The summed E-state index contributed by atoms with van der Waals surface area (Å²) in [5.74, 6) is -0.398. The Morgan fingerprint density at radius 2 is 1.89 bits per heavy atom. The number of halogens is 1. The van der Waals surface area contributed by atoms with Crippen LogP contribution >= 0.6 is 11.6 Å². The molecule has 10 heteroatoms. The van der Waals surface area contributed by atoms with Crippen LogP contribution in [0.3, 0.4) is 0 Å². The van der Waals surface area contributed by atoms with Crippen molar-refractivity contribution in [2.75, 3.05) is 11.9 Å². The number of carbonyl (C=O) groups is 1. The number of aryl methyl sites for hydroxylation is 1. The molecule has 4 rings (SSSR count). The predicted molar refractivity (Wildman–Crippen MR) is 151 cm³/mol. The molecule has 0 radical (unpaired) electrons. The number of nitrogens with zero attached hydrogens (tertiary/aromatic N) is 2. The van der Waals surface area contributed by atoms with Gasteiger partial charge in [-0.2, -0.15) is 0 Å². The molecule has 3 N–H and O–H groups in total. The summed E-state index contributed by atoms with van der Waals surface area (Å²) in [6.45, 7) is 6.04. The van der Waals surface area contributed by atoms with E-state index in [1.807, 2.05) is 31.2 Å². The van der Waals surface area contributed by atoms with Gasteiger partial charge in [-0.25, -0.2) is 23.1 Å². The van der Waals surface area contributed by atoms with Gasteiger partial charge in [0.2, 0.25) is 10.0 Å². The third kappa shape index (κ3) is 6.63. The normalized spacial score (nSPS) is 11.8. The first-order valence-corrected chi connectivity index (χ1v) is 13.6. The number of rotatable bonds is 10. The Labute approximate surface area is 226 Å². The number of aromatic nitrogens is 2. The topological polar surface area (TPSA) is 116 Å². The van der Waals surface area contributed by atoms with E-state index in [1.165, 1.54) is 30.6 Å². The summed E-state index contributed by atoms with van der Waals surface area (Å²) in [5, 5.41) is 3.29. The van der Waals surface area contributed by atoms with Gasteiger partial charge in [0.1, 0.15) is 0 Å². The molecule has 0 spiro atoms. The van der Waals surface area contributed by atoms with E-state index in [1.54, 1.807) is 30.5 Å². The van der Waals surface area contributed by atoms with Crippen molar-refractivity contribution in [2.45, 2.75) is 18.2 Å². The van der Waals surface area contributed by atoms with E-state index in [9.17, 15) is 13.2 Å². The summed E-state index contributed by atoms with van der Waals surface area (Å²) in [6, 6.07) is 18.5. The zero-order valence-electron chi connectivity index (χ0n) is 20.6. The summed E-state index contributed by atoms with van der Waals surface area (Å²) in [5.41, 5.74) is 4.61. The van der Waals surface area contributed by atoms with Crippen molar-refractivity contribution in [3.05, 3.63) is 119 Å². The average molecular weight is 548 g/mol. The maximum absolute atomic E-state index is 12.9. The van der Waals surface area contributed by atoms with Crippen LogP contribution in [0.15, 0.2) is 102 Å². The number of benzene rings is 3. The number of para-hydroxylation sites is 1. The van der Waals surface area contributed by atoms with Crippen molar-refractivity contribution in [1.29, 1.82) is 0 Å². The molecule has 8 nitrogen and oxygen atoms in total. The molecular formula is C28H26ClN5O3S. The highest BCUT2D eigenvalue weighted by Crippen LogP contribution is 2.26. The zero-order valence-corrected chi connectivity index (χ0v) is 22.2. The van der Waals surface area contributed by atoms with Crippen LogP contribution in [0.2, 0.25) is 5.02 Å². The van der Waals surface area contributed by atoms with E-state index in [0.29, 0.717) is 34.0 Å². The smallest absolute Gasteiger partial charge is 0.255 e. The van der Waals surface area contributed by atoms with Crippen LogP contribution in [0.1, 0.15) is 27.2 Å². The number of carbonyl (C=O) groups excluding carboxylic acids is 1. The van der Waals surface area contributed by atoms with Crippen molar-refractivity contribution >= 4 is 44.6 Å². The number of nitrogens with one attached hydrogen (secondary N) is 3. The monoisotopic (exact) mass is 547 g/mol. The molecule has 1 heterocycles. The third-order valence-corrected chi connectivity index (χ3v) is 7.52. The van der Waals surface area contributed by atoms with Crippen LogP contribution in [-0.2, 0) is 16.4 Å². The fraction of sp³-hybridized carbons (Fsp3) is 0.107. The molecule has 0 fully saturated rings. The lowest BCUT2D eigenvalue weighted by atomic mass is 10.1. The molecule has 3 aromatic carbocycles. The highest BCUT2D eigenvalue weighted by Gasteiger charge is 2.16. The highest BCUT2D eigenvalue weighted by molar-refractivity contribution is 7.89. The Hall–Kier alpha value is -4.05. The average Bonchev–Trinajstić information content (AvgIpc) is 3.43. The summed E-state index contributed by atoms with van der Waals surface area (Å²) in [7, 11) is -3.72. The zero-order chi connectivity index (χ0) is 27.1. The summed E-state index contributed by atoms with van der Waals surface area (Å²) < 4.78 is 27.7. The fourth-order valence-electron chi connectivity index (χ4n) is 3.65. The summed E-state index contributed by atoms with van der Waals surface area (Å²) in [6.07, 6.45) is 5.27. The maximum atomic E-state index is 12.9. The molecule has 4 aromatic rings. The molecule has 0 aliphatic carbocycles. The second kappa shape index (κ2) is 12.0. The first-order valence-electron chi connectivity index (χ1n) is 11.7. The van der Waals surface area contributed by atoms with Crippen LogP contribution < -0.4 is 10.0 Å². The summed E-state index contributed by atoms with van der Waals surface area (Å²) in [4.78, 5) is 24.5. The van der Waals surface area contributed by atoms with Gasteiger partial charge in [-0.1, -0.05) is 36.4 Å². The third-order valence-electron chi connectivity index (χ3n) is 5.72. The number of aromatic amines is 1. The van der Waals surface area contributed by atoms with Gasteiger partial charge in [-0.15, -0.1) is 0 Å². The van der Waals surface area contributed by atoms with E-state index >= 15 is 0 Å². The van der Waals surface area contributed by atoms with Gasteiger partial charge in [0, 0.05) is 41.7 Å². The SMILES string of the molecule is C=CC(=Nc1ccccc1C)c1cc(NC(=O)c2ccc(S(=O)(=O)NCCc3cnc[nH]3)cc2)ccc1Cl. The molecular weight excluding hydrogens is 522 g/mol. The molecule has 38 heavy (non-hydrogen) atoms. The number of H-pyrrole nitrogens is 1. The Bertz CT molecular complexity index is 1580. The van der Waals surface area contributed by atoms with Gasteiger partial charge < -0.3 is 10.3 Å². The van der Waals surface area contributed by atoms with Gasteiger partial charge >= 0.3 is 0 Å². The Balaban J connectivity index is 1.46. The number of aliphatic imine (C=N–C) groups is 1. The predicted octanol–water partition coefficient (Wildman–Crippen LogP) is 5.45. The van der Waals surface area contributed by atoms with E-state index < -0.39 is 15.9 Å². The minimum Gasteiger partial charge on any atom is -0.348 e. The van der Waals surface area contributed by atoms with Crippen molar-refractivity contribution in [3.63, 3.8) is 0 Å². The Morgan fingerprint density at radius 3 is 2.58 bits per heavy atom. The first-order chi connectivity index (χ1) is 18.3. The first kappa shape index (κ1) is 27.0. The summed E-state index contributed by atoms with van der Waals surface area (Å²) >= 11 is 6.45. The molecule has 0 atom stereocenters. The number of imidazole rings is 1. The van der Waals surface area contributed by atoms with E-state index in [-0.39, 0.29) is 11.4 Å². The largest absolute Gasteiger partial charge is 0.348 e. The van der Waals surface area contributed by atoms with E-state index in [0.717, 1.165) is 16.9 Å². The quantitative estimate of drug-likeness (QED) is 0.229. The molecule has 0 aliphatic heterocycles. The maximum Gasteiger partial charge on any atom is 0.255 e. The molecule has 0 bridgehead atoms. The Kier molecular flexibility index (Phi) is 8.52. The molecule has 194 valence electrons. The minimum absolute atomic E-state index is 0.0653. The number of anilines is 1. The van der Waals surface area contributed by atoms with Crippen LogP contribution in [0.25, 0.3) is 0 Å². The molecule has 1 aromatic heterocycles. The standard InChI is InChI=1S/C28H26ClN5O3S/c1-3-26(34-27-7-5-4-6-19(27)2)24-16-21(10-13-25(24)29)33-28(35)20-8-11-23(12-9-20)38(36,37)32-15-14-22-17-30-18-31-22/h3-13,16-18,32H,1,14-15H2,2H3,(H,30,31)(H,33,35). The lowest BCUT2D eigenvalue weighted by Gasteiger charge is -2.11. The number of sulfonamides is 1. The molecule has 1 amide bonds. The van der Waals surface area contributed by atoms with Gasteiger partial charge in [0.15, 0.2) is 0 Å². The van der Waals surface area contributed by atoms with E-state index in [4.69, 9.17) is 11.6 Å². The minimum atomic E-state index is -3.72. The van der Waals surface area contributed by atoms with Crippen LogP contribution in [0.4, 0.5) is 11.4 Å². The van der Waals surface area contributed by atoms with Crippen LogP contribution in [0, 0.1) is 6.92 Å². The number of hydrogen-bond acceptors (Lipinski definition) is 5. The van der Waals surface area contributed by atoms with Crippen molar-refractivity contribution < 1.29 is 13.2 Å². The highest BCUT2D eigenvalue weighted by atomic mass is 35.5. The van der Waals surface area contributed by atoms with Crippen molar-refractivity contribution in [1.82, 2.24) is 14.7 Å². The fourth-order valence-corrected chi connectivity index (χ4v) is 4.89. The van der Waals surface area contributed by atoms with Crippen LogP contribution in [-0.4, -0.2) is 36.5 Å². The van der Waals surface area contributed by atoms with Gasteiger partial charge in [-0.05, 0) is 67.1 Å². The lowest BCUT2D eigenvalue weighted by molar-refractivity contribution is 0.102. The van der Waals surface area contributed by atoms with Gasteiger partial charge in [0.25, 0.3) is 5.91 Å². The molecule has 0 saturated carbocycles. The van der Waals surface area contributed by atoms with Crippen molar-refractivity contribution in [2.24, 2.45) is 4.99 Å². The second-order valence-corrected chi connectivity index (χ2v) is 10.6. The van der Waals surface area contributed by atoms with E-state index in [2.05, 4.69) is 31.6 Å². The van der Waals surface area contributed by atoms with Gasteiger partial charge in [0.05, 0.1) is 27.6 Å². The lowest BCUT2D eigenvalue weighted by Crippen LogP contribution is -2.26. The number of allylic oxidation sites excluding steroid dienone is 1. The Morgan fingerprint density at radius 1 is 1.13 bits per heavy atom. The van der Waals surface area contributed by atoms with Crippen molar-refractivity contribution in [3.8, 4) is 0 Å². The molecule has 0 unspecified atom stereocenters. The molecule has 0 aliphatic rings. The van der Waals surface area contributed by atoms with Crippen LogP contribution in [0.5, 0.6) is 0 Å². The number of amides is 1. The number of hydrogen-bond donors (Lipinski definition) is 3. The second-order valence-electron chi connectivity index (χ2n) is 8.39. The molecule has 0 saturated heterocycles.